The fraction of sp³-hybridized carbons (Fsp3) is 0.133. The van der Waals surface area contributed by atoms with Gasteiger partial charge in [-0.1, -0.05) is 18.2 Å². The zero-order valence-corrected chi connectivity index (χ0v) is 11.2. The van der Waals surface area contributed by atoms with E-state index < -0.39 is 5.97 Å². The van der Waals surface area contributed by atoms with Crippen LogP contribution in [0.1, 0.15) is 21.5 Å². The molecule has 0 aromatic heterocycles. The van der Waals surface area contributed by atoms with Gasteiger partial charge in [-0.15, -0.1) is 11.8 Å². The van der Waals surface area contributed by atoms with Crippen molar-refractivity contribution in [2.45, 2.75) is 17.6 Å². The van der Waals surface area contributed by atoms with Crippen LogP contribution in [0.15, 0.2) is 47.4 Å². The standard InChI is InChI=1S/C15H13FO2S/c1-10-5-6-13(8-14(10)15(17)18)19-9-11-3-2-4-12(16)7-11/h2-8H,9H2,1H3,(H,17,18). The number of benzene rings is 2. The molecular weight excluding hydrogens is 263 g/mol. The van der Waals surface area contributed by atoms with E-state index in [-0.39, 0.29) is 5.82 Å². The van der Waals surface area contributed by atoms with Gasteiger partial charge >= 0.3 is 5.97 Å². The first kappa shape index (κ1) is 13.6. The van der Waals surface area contributed by atoms with Gasteiger partial charge in [-0.25, -0.2) is 9.18 Å². The molecule has 0 fully saturated rings. The van der Waals surface area contributed by atoms with E-state index in [2.05, 4.69) is 0 Å². The van der Waals surface area contributed by atoms with Gasteiger partial charge < -0.3 is 5.11 Å². The number of halogens is 1. The Hall–Kier alpha value is -1.81. The molecule has 0 aliphatic heterocycles. The fourth-order valence-electron chi connectivity index (χ4n) is 1.71. The molecule has 0 atom stereocenters. The Balaban J connectivity index is 2.12. The Morgan fingerprint density at radius 1 is 1.26 bits per heavy atom. The molecule has 0 spiro atoms. The lowest BCUT2D eigenvalue weighted by Gasteiger charge is -2.06. The number of aryl methyl sites for hydroxylation is 1. The van der Waals surface area contributed by atoms with Crippen LogP contribution in [0.5, 0.6) is 0 Å². The van der Waals surface area contributed by atoms with Gasteiger partial charge in [0.2, 0.25) is 0 Å². The Morgan fingerprint density at radius 3 is 2.74 bits per heavy atom. The second kappa shape index (κ2) is 5.89. The number of thioether (sulfide) groups is 1. The summed E-state index contributed by atoms with van der Waals surface area (Å²) in [5.74, 6) is -0.571. The van der Waals surface area contributed by atoms with Crippen LogP contribution >= 0.6 is 11.8 Å². The van der Waals surface area contributed by atoms with Crippen molar-refractivity contribution in [1.82, 2.24) is 0 Å². The fourth-order valence-corrected chi connectivity index (χ4v) is 2.59. The van der Waals surface area contributed by atoms with Gasteiger partial charge in [0.05, 0.1) is 5.56 Å². The number of rotatable bonds is 4. The van der Waals surface area contributed by atoms with Crippen LogP contribution in [0.2, 0.25) is 0 Å². The highest BCUT2D eigenvalue weighted by atomic mass is 32.2. The second-order valence-electron chi connectivity index (χ2n) is 4.20. The van der Waals surface area contributed by atoms with Crippen molar-refractivity contribution in [3.63, 3.8) is 0 Å². The third-order valence-corrected chi connectivity index (χ3v) is 3.80. The van der Waals surface area contributed by atoms with Crippen LogP contribution in [0.3, 0.4) is 0 Å². The van der Waals surface area contributed by atoms with E-state index >= 15 is 0 Å². The minimum atomic E-state index is -0.925. The molecule has 0 heterocycles. The maximum Gasteiger partial charge on any atom is 0.335 e. The number of hydrogen-bond donors (Lipinski definition) is 1. The van der Waals surface area contributed by atoms with Gasteiger partial charge in [0.1, 0.15) is 5.82 Å². The SMILES string of the molecule is Cc1ccc(SCc2cccc(F)c2)cc1C(=O)O. The Morgan fingerprint density at radius 2 is 2.05 bits per heavy atom. The zero-order valence-electron chi connectivity index (χ0n) is 10.4. The van der Waals surface area contributed by atoms with E-state index in [0.29, 0.717) is 11.3 Å². The number of aromatic carboxylic acids is 1. The maximum absolute atomic E-state index is 13.0. The van der Waals surface area contributed by atoms with Crippen molar-refractivity contribution in [2.24, 2.45) is 0 Å². The number of carboxylic acids is 1. The van der Waals surface area contributed by atoms with Gasteiger partial charge in [0.15, 0.2) is 0 Å². The van der Waals surface area contributed by atoms with E-state index in [0.717, 1.165) is 16.0 Å². The molecule has 1 N–H and O–H groups in total. The lowest BCUT2D eigenvalue weighted by atomic mass is 10.1. The topological polar surface area (TPSA) is 37.3 Å². The van der Waals surface area contributed by atoms with Gasteiger partial charge in [0, 0.05) is 10.6 Å². The molecule has 0 amide bonds. The lowest BCUT2D eigenvalue weighted by Crippen LogP contribution is -1.99. The highest BCUT2D eigenvalue weighted by molar-refractivity contribution is 7.98. The molecule has 4 heteroatoms. The van der Waals surface area contributed by atoms with Crippen molar-refractivity contribution in [1.29, 1.82) is 0 Å². The predicted octanol–water partition coefficient (Wildman–Crippen LogP) is 4.12. The third-order valence-electron chi connectivity index (χ3n) is 2.73. The van der Waals surface area contributed by atoms with Crippen molar-refractivity contribution >= 4 is 17.7 Å². The summed E-state index contributed by atoms with van der Waals surface area (Å²) >= 11 is 1.49. The number of carbonyl (C=O) groups is 1. The summed E-state index contributed by atoms with van der Waals surface area (Å²) in [6, 6.07) is 11.7. The summed E-state index contributed by atoms with van der Waals surface area (Å²) in [5, 5.41) is 9.05. The second-order valence-corrected chi connectivity index (χ2v) is 5.25. The average Bonchev–Trinajstić information content (AvgIpc) is 2.37. The molecule has 0 aliphatic rings. The third kappa shape index (κ3) is 3.58. The van der Waals surface area contributed by atoms with Gasteiger partial charge in [0.25, 0.3) is 0 Å². The Kier molecular flexibility index (Phi) is 4.22. The van der Waals surface area contributed by atoms with E-state index in [1.54, 1.807) is 25.1 Å². The van der Waals surface area contributed by atoms with Crippen LogP contribution in [-0.4, -0.2) is 11.1 Å². The summed E-state index contributed by atoms with van der Waals surface area (Å²) in [5.41, 5.74) is 1.93. The van der Waals surface area contributed by atoms with Gasteiger partial charge in [-0.2, -0.15) is 0 Å². The molecule has 2 aromatic rings. The minimum Gasteiger partial charge on any atom is -0.478 e. The minimum absolute atomic E-state index is 0.256. The van der Waals surface area contributed by atoms with Crippen LogP contribution in [0.4, 0.5) is 4.39 Å². The first-order valence-corrected chi connectivity index (χ1v) is 6.76. The zero-order chi connectivity index (χ0) is 13.8. The molecule has 2 nitrogen and oxygen atoms in total. The molecule has 0 saturated heterocycles. The molecule has 2 rings (SSSR count). The van der Waals surface area contributed by atoms with Crippen molar-refractivity contribution in [3.05, 3.63) is 65.0 Å². The highest BCUT2D eigenvalue weighted by Gasteiger charge is 2.08. The molecule has 0 saturated carbocycles. The lowest BCUT2D eigenvalue weighted by molar-refractivity contribution is 0.0696. The molecule has 0 bridgehead atoms. The first-order chi connectivity index (χ1) is 9.06. The normalized spacial score (nSPS) is 10.4. The quantitative estimate of drug-likeness (QED) is 0.853. The largest absolute Gasteiger partial charge is 0.478 e. The van der Waals surface area contributed by atoms with Crippen molar-refractivity contribution < 1.29 is 14.3 Å². The Bertz CT molecular complexity index is 611. The van der Waals surface area contributed by atoms with Crippen LogP contribution in [0, 0.1) is 12.7 Å². The van der Waals surface area contributed by atoms with E-state index in [1.165, 1.54) is 23.9 Å². The summed E-state index contributed by atoms with van der Waals surface area (Å²) < 4.78 is 13.0. The Labute approximate surface area is 115 Å². The summed E-state index contributed by atoms with van der Waals surface area (Å²) in [6.45, 7) is 1.77. The summed E-state index contributed by atoms with van der Waals surface area (Å²) in [7, 11) is 0. The van der Waals surface area contributed by atoms with E-state index in [1.807, 2.05) is 12.1 Å². The van der Waals surface area contributed by atoms with Crippen molar-refractivity contribution in [3.8, 4) is 0 Å². The van der Waals surface area contributed by atoms with Crippen LogP contribution in [0.25, 0.3) is 0 Å². The van der Waals surface area contributed by atoms with Gasteiger partial charge in [-0.3, -0.25) is 0 Å². The monoisotopic (exact) mass is 276 g/mol. The van der Waals surface area contributed by atoms with Crippen molar-refractivity contribution in [2.75, 3.05) is 0 Å². The summed E-state index contributed by atoms with van der Waals surface area (Å²) in [6.07, 6.45) is 0. The molecule has 19 heavy (non-hydrogen) atoms. The molecule has 0 radical (unpaired) electrons. The molecule has 2 aromatic carbocycles. The average molecular weight is 276 g/mol. The summed E-state index contributed by atoms with van der Waals surface area (Å²) in [4.78, 5) is 11.9. The highest BCUT2D eigenvalue weighted by Crippen LogP contribution is 2.25. The smallest absolute Gasteiger partial charge is 0.335 e. The van der Waals surface area contributed by atoms with Crippen LogP contribution in [-0.2, 0) is 5.75 Å². The van der Waals surface area contributed by atoms with Crippen LogP contribution < -0.4 is 0 Å². The molecule has 0 aliphatic carbocycles. The predicted molar refractivity (Wildman–Crippen MR) is 74.1 cm³/mol. The molecular formula is C15H13FO2S. The number of hydrogen-bond acceptors (Lipinski definition) is 2. The molecule has 0 unspecified atom stereocenters. The molecule has 98 valence electrons. The van der Waals surface area contributed by atoms with E-state index in [9.17, 15) is 9.18 Å². The van der Waals surface area contributed by atoms with E-state index in [4.69, 9.17) is 5.11 Å². The maximum atomic E-state index is 13.0. The first-order valence-electron chi connectivity index (χ1n) is 5.77. The number of carboxylic acid groups (broad SMARTS) is 1. The van der Waals surface area contributed by atoms with Gasteiger partial charge in [-0.05, 0) is 42.3 Å².